The highest BCUT2D eigenvalue weighted by molar-refractivity contribution is 7.20. The van der Waals surface area contributed by atoms with Crippen LogP contribution in [0.5, 0.6) is 0 Å². The molecule has 0 atom stereocenters. The number of thiazole rings is 1. The number of rotatable bonds is 3. The zero-order valence-corrected chi connectivity index (χ0v) is 11.9. The van der Waals surface area contributed by atoms with Crippen molar-refractivity contribution in [3.8, 4) is 0 Å². The van der Waals surface area contributed by atoms with E-state index in [2.05, 4.69) is 15.5 Å². The molecule has 0 saturated heterocycles. The van der Waals surface area contributed by atoms with Crippen LogP contribution in [0.2, 0.25) is 0 Å². The third-order valence-corrected chi connectivity index (χ3v) is 3.84. The maximum atomic E-state index is 12.6. The molecule has 0 spiro atoms. The molecule has 0 aliphatic heterocycles. The van der Waals surface area contributed by atoms with E-state index in [9.17, 15) is 13.2 Å². The molecule has 3 rings (SSSR count). The summed E-state index contributed by atoms with van der Waals surface area (Å²) in [5.41, 5.74) is 3.01. The molecule has 1 aromatic heterocycles. The summed E-state index contributed by atoms with van der Waals surface area (Å²) in [6, 6.07) is 12.5. The SMILES string of the molecule is FC(F)(F)c1cccc(N/N=C/c2nc3ccccc3s2)c1. The van der Waals surface area contributed by atoms with Gasteiger partial charge in [-0.25, -0.2) is 4.98 Å². The first-order valence-electron chi connectivity index (χ1n) is 6.34. The quantitative estimate of drug-likeness (QED) is 0.558. The van der Waals surface area contributed by atoms with E-state index in [-0.39, 0.29) is 5.69 Å². The topological polar surface area (TPSA) is 37.3 Å². The van der Waals surface area contributed by atoms with Crippen molar-refractivity contribution in [1.29, 1.82) is 0 Å². The number of hydrazone groups is 1. The molecule has 0 unspecified atom stereocenters. The fourth-order valence-corrected chi connectivity index (χ4v) is 2.71. The number of aromatic nitrogens is 1. The van der Waals surface area contributed by atoms with Gasteiger partial charge in [0.15, 0.2) is 0 Å². The van der Waals surface area contributed by atoms with Crippen molar-refractivity contribution >= 4 is 33.5 Å². The Kier molecular flexibility index (Phi) is 3.81. The Morgan fingerprint density at radius 3 is 2.68 bits per heavy atom. The van der Waals surface area contributed by atoms with Crippen LogP contribution in [0.15, 0.2) is 53.6 Å². The number of halogens is 3. The molecule has 3 nitrogen and oxygen atoms in total. The number of hydrogen-bond acceptors (Lipinski definition) is 4. The molecule has 0 aliphatic rings. The Labute approximate surface area is 128 Å². The van der Waals surface area contributed by atoms with Crippen molar-refractivity contribution in [2.75, 3.05) is 5.43 Å². The predicted molar refractivity (Wildman–Crippen MR) is 82.3 cm³/mol. The fourth-order valence-electron chi connectivity index (χ4n) is 1.87. The molecule has 0 aliphatic carbocycles. The second-order valence-electron chi connectivity index (χ2n) is 4.47. The monoisotopic (exact) mass is 321 g/mol. The number of fused-ring (bicyclic) bond motifs is 1. The minimum absolute atomic E-state index is 0.271. The van der Waals surface area contributed by atoms with Crippen molar-refractivity contribution in [1.82, 2.24) is 4.98 Å². The predicted octanol–water partition coefficient (Wildman–Crippen LogP) is 4.76. The lowest BCUT2D eigenvalue weighted by Crippen LogP contribution is -2.05. The Bertz CT molecular complexity index is 791. The van der Waals surface area contributed by atoms with E-state index in [1.807, 2.05) is 24.3 Å². The first-order valence-corrected chi connectivity index (χ1v) is 7.16. The molecule has 2 aromatic carbocycles. The van der Waals surface area contributed by atoms with Gasteiger partial charge in [0.25, 0.3) is 0 Å². The van der Waals surface area contributed by atoms with E-state index in [0.717, 1.165) is 22.3 Å². The average Bonchev–Trinajstić information content (AvgIpc) is 2.89. The Hall–Kier alpha value is -2.41. The summed E-state index contributed by atoms with van der Waals surface area (Å²) in [4.78, 5) is 4.35. The molecular weight excluding hydrogens is 311 g/mol. The van der Waals surface area contributed by atoms with Gasteiger partial charge in [0.05, 0.1) is 27.7 Å². The van der Waals surface area contributed by atoms with Gasteiger partial charge < -0.3 is 0 Å². The third kappa shape index (κ3) is 3.25. The normalized spacial score (nSPS) is 12.1. The molecule has 1 N–H and O–H groups in total. The second kappa shape index (κ2) is 5.76. The van der Waals surface area contributed by atoms with E-state index in [1.165, 1.54) is 29.7 Å². The summed E-state index contributed by atoms with van der Waals surface area (Å²) in [6.45, 7) is 0. The highest BCUT2D eigenvalue weighted by Crippen LogP contribution is 2.30. The van der Waals surface area contributed by atoms with Crippen LogP contribution in [-0.2, 0) is 6.18 Å². The van der Waals surface area contributed by atoms with Gasteiger partial charge in [-0.1, -0.05) is 18.2 Å². The van der Waals surface area contributed by atoms with Crippen LogP contribution in [0.3, 0.4) is 0 Å². The Balaban J connectivity index is 1.74. The molecule has 0 bridgehead atoms. The molecule has 7 heteroatoms. The van der Waals surface area contributed by atoms with Crippen molar-refractivity contribution < 1.29 is 13.2 Å². The van der Waals surface area contributed by atoms with Gasteiger partial charge in [-0.2, -0.15) is 18.3 Å². The van der Waals surface area contributed by atoms with Crippen LogP contribution < -0.4 is 5.43 Å². The zero-order chi connectivity index (χ0) is 15.6. The van der Waals surface area contributed by atoms with Gasteiger partial charge in [0, 0.05) is 0 Å². The highest BCUT2D eigenvalue weighted by atomic mass is 32.1. The summed E-state index contributed by atoms with van der Waals surface area (Å²) in [6.07, 6.45) is -2.88. The van der Waals surface area contributed by atoms with Crippen LogP contribution in [-0.4, -0.2) is 11.2 Å². The van der Waals surface area contributed by atoms with Crippen molar-refractivity contribution in [3.05, 3.63) is 59.1 Å². The number of nitrogens with zero attached hydrogens (tertiary/aromatic N) is 2. The molecule has 3 aromatic rings. The maximum absolute atomic E-state index is 12.6. The van der Waals surface area contributed by atoms with E-state index < -0.39 is 11.7 Å². The molecule has 0 radical (unpaired) electrons. The molecule has 112 valence electrons. The first kappa shape index (κ1) is 14.5. The van der Waals surface area contributed by atoms with Gasteiger partial charge in [0.2, 0.25) is 0 Å². The number of para-hydroxylation sites is 1. The number of hydrogen-bond donors (Lipinski definition) is 1. The van der Waals surface area contributed by atoms with Crippen LogP contribution in [0.1, 0.15) is 10.6 Å². The number of benzene rings is 2. The first-order chi connectivity index (χ1) is 10.5. The largest absolute Gasteiger partial charge is 0.416 e. The van der Waals surface area contributed by atoms with Gasteiger partial charge in [0.1, 0.15) is 5.01 Å². The highest BCUT2D eigenvalue weighted by Gasteiger charge is 2.30. The molecular formula is C15H10F3N3S. The summed E-state index contributed by atoms with van der Waals surface area (Å²) in [5.74, 6) is 0. The van der Waals surface area contributed by atoms with Crippen molar-refractivity contribution in [2.24, 2.45) is 5.10 Å². The molecule has 0 amide bonds. The number of nitrogens with one attached hydrogen (secondary N) is 1. The van der Waals surface area contributed by atoms with Gasteiger partial charge in [-0.3, -0.25) is 5.43 Å². The third-order valence-electron chi connectivity index (χ3n) is 2.87. The van der Waals surface area contributed by atoms with E-state index >= 15 is 0 Å². The van der Waals surface area contributed by atoms with Gasteiger partial charge in [-0.15, -0.1) is 11.3 Å². The fraction of sp³-hybridized carbons (Fsp3) is 0.0667. The van der Waals surface area contributed by atoms with Crippen LogP contribution in [0, 0.1) is 0 Å². The van der Waals surface area contributed by atoms with E-state index in [4.69, 9.17) is 0 Å². The molecule has 22 heavy (non-hydrogen) atoms. The van der Waals surface area contributed by atoms with Gasteiger partial charge >= 0.3 is 6.18 Å². The zero-order valence-electron chi connectivity index (χ0n) is 11.1. The number of alkyl halides is 3. The lowest BCUT2D eigenvalue weighted by atomic mass is 10.2. The summed E-state index contributed by atoms with van der Waals surface area (Å²) in [5, 5.41) is 4.62. The van der Waals surface area contributed by atoms with Gasteiger partial charge in [-0.05, 0) is 30.3 Å². The maximum Gasteiger partial charge on any atom is 0.416 e. The smallest absolute Gasteiger partial charge is 0.278 e. The molecule has 1 heterocycles. The minimum atomic E-state index is -4.37. The Morgan fingerprint density at radius 2 is 1.91 bits per heavy atom. The molecule has 0 saturated carbocycles. The second-order valence-corrected chi connectivity index (χ2v) is 5.53. The van der Waals surface area contributed by atoms with E-state index in [0.29, 0.717) is 5.01 Å². The number of anilines is 1. The van der Waals surface area contributed by atoms with Crippen LogP contribution >= 0.6 is 11.3 Å². The summed E-state index contributed by atoms with van der Waals surface area (Å²) in [7, 11) is 0. The van der Waals surface area contributed by atoms with Crippen LogP contribution in [0.4, 0.5) is 18.9 Å². The van der Waals surface area contributed by atoms with Crippen molar-refractivity contribution in [3.63, 3.8) is 0 Å². The minimum Gasteiger partial charge on any atom is -0.278 e. The van der Waals surface area contributed by atoms with Crippen LogP contribution in [0.25, 0.3) is 10.2 Å². The summed E-state index contributed by atoms with van der Waals surface area (Å²) < 4.78 is 38.8. The lowest BCUT2D eigenvalue weighted by Gasteiger charge is -2.07. The summed E-state index contributed by atoms with van der Waals surface area (Å²) >= 11 is 1.46. The van der Waals surface area contributed by atoms with E-state index in [1.54, 1.807) is 0 Å². The van der Waals surface area contributed by atoms with Crippen molar-refractivity contribution in [2.45, 2.75) is 6.18 Å². The molecule has 0 fully saturated rings. The average molecular weight is 321 g/mol. The Morgan fingerprint density at radius 1 is 1.09 bits per heavy atom. The lowest BCUT2D eigenvalue weighted by molar-refractivity contribution is -0.137. The standard InChI is InChI=1S/C15H10F3N3S/c16-15(17,18)10-4-3-5-11(8-10)21-19-9-14-20-12-6-1-2-7-13(12)22-14/h1-9,21H/b19-9+.